The molecule has 0 aliphatic rings. The molecule has 3 N–H and O–H groups in total. The molecule has 2 aromatic rings. The summed E-state index contributed by atoms with van der Waals surface area (Å²) in [5, 5.41) is 13.2. The Morgan fingerprint density at radius 2 is 2.04 bits per heavy atom. The molecule has 0 atom stereocenters. The Hall–Kier alpha value is -2.29. The third-order valence-electron chi connectivity index (χ3n) is 3.15. The molecule has 0 saturated heterocycles. The van der Waals surface area contributed by atoms with Gasteiger partial charge in [-0.1, -0.05) is 17.8 Å². The predicted molar refractivity (Wildman–Crippen MR) is 95.7 cm³/mol. The van der Waals surface area contributed by atoms with Gasteiger partial charge in [-0.05, 0) is 31.8 Å². The normalized spacial score (nSPS) is 10.5. The van der Waals surface area contributed by atoms with Crippen molar-refractivity contribution in [3.63, 3.8) is 0 Å². The van der Waals surface area contributed by atoms with E-state index in [4.69, 9.17) is 0 Å². The molecule has 9 heteroatoms. The highest BCUT2D eigenvalue weighted by Crippen LogP contribution is 2.12. The molecule has 2 rings (SSSR count). The van der Waals surface area contributed by atoms with Crippen LogP contribution >= 0.6 is 11.5 Å². The maximum absolute atomic E-state index is 12.2. The largest absolute Gasteiger partial charge is 0.370 e. The Morgan fingerprint density at radius 3 is 2.79 bits per heavy atom. The van der Waals surface area contributed by atoms with E-state index in [1.807, 2.05) is 19.9 Å². The van der Waals surface area contributed by atoms with Crippen LogP contribution < -0.4 is 16.0 Å². The van der Waals surface area contributed by atoms with E-state index in [1.165, 1.54) is 0 Å². The Kier molecular flexibility index (Phi) is 6.86. The summed E-state index contributed by atoms with van der Waals surface area (Å²) in [5.41, 5.74) is 1.65. The Bertz CT molecular complexity index is 674. The van der Waals surface area contributed by atoms with Crippen LogP contribution in [-0.4, -0.2) is 45.1 Å². The number of amides is 1. The second-order valence-corrected chi connectivity index (χ2v) is 5.98. The molecule has 0 fully saturated rings. The highest BCUT2D eigenvalue weighted by Gasteiger charge is 2.14. The van der Waals surface area contributed by atoms with Gasteiger partial charge in [0.25, 0.3) is 5.91 Å². The van der Waals surface area contributed by atoms with Gasteiger partial charge in [0.2, 0.25) is 5.95 Å². The summed E-state index contributed by atoms with van der Waals surface area (Å²) in [4.78, 5) is 21.4. The van der Waals surface area contributed by atoms with Crippen LogP contribution in [0.2, 0.25) is 0 Å². The maximum Gasteiger partial charge on any atom is 0.265 e. The minimum absolute atomic E-state index is 0.131. The summed E-state index contributed by atoms with van der Waals surface area (Å²) < 4.78 is 3.86. The van der Waals surface area contributed by atoms with E-state index in [1.54, 1.807) is 0 Å². The fourth-order valence-corrected chi connectivity index (χ4v) is 2.76. The van der Waals surface area contributed by atoms with E-state index in [0.29, 0.717) is 23.9 Å². The first-order valence-electron chi connectivity index (χ1n) is 8.06. The molecule has 130 valence electrons. The van der Waals surface area contributed by atoms with Crippen molar-refractivity contribution in [3.05, 3.63) is 22.3 Å². The molecule has 0 bridgehead atoms. The van der Waals surface area contributed by atoms with E-state index in [0.717, 1.165) is 48.1 Å². The number of aromatic nitrogens is 4. The van der Waals surface area contributed by atoms with Crippen LogP contribution in [0.5, 0.6) is 0 Å². The standard InChI is InChI=1S/C15H23N7OS/c1-4-6-11-13(24-22-21-11)14(23)17-7-8-18-15-19-10(3)9-12(20-15)16-5-2/h9H,4-8H2,1-3H3,(H,17,23)(H2,16,18,19,20). The average molecular weight is 349 g/mol. The van der Waals surface area contributed by atoms with Gasteiger partial charge in [-0.25, -0.2) is 4.98 Å². The van der Waals surface area contributed by atoms with Crippen LogP contribution in [0.15, 0.2) is 6.07 Å². The Balaban J connectivity index is 1.82. The van der Waals surface area contributed by atoms with Crippen LogP contribution in [0, 0.1) is 6.92 Å². The lowest BCUT2D eigenvalue weighted by atomic mass is 10.2. The van der Waals surface area contributed by atoms with Crippen molar-refractivity contribution in [2.24, 2.45) is 0 Å². The van der Waals surface area contributed by atoms with Crippen molar-refractivity contribution in [1.29, 1.82) is 0 Å². The molecule has 0 aromatic carbocycles. The highest BCUT2D eigenvalue weighted by molar-refractivity contribution is 7.08. The third-order valence-corrected chi connectivity index (χ3v) is 3.92. The number of nitrogens with zero attached hydrogens (tertiary/aromatic N) is 4. The van der Waals surface area contributed by atoms with Crippen LogP contribution in [0.3, 0.4) is 0 Å². The quantitative estimate of drug-likeness (QED) is 0.594. The third kappa shape index (κ3) is 5.12. The lowest BCUT2D eigenvalue weighted by Gasteiger charge is -2.09. The minimum atomic E-state index is -0.131. The maximum atomic E-state index is 12.2. The van der Waals surface area contributed by atoms with Crippen LogP contribution in [-0.2, 0) is 6.42 Å². The smallest absolute Gasteiger partial charge is 0.265 e. The molecule has 1 amide bonds. The number of anilines is 2. The Morgan fingerprint density at radius 1 is 1.21 bits per heavy atom. The monoisotopic (exact) mass is 349 g/mol. The first-order chi connectivity index (χ1) is 11.6. The summed E-state index contributed by atoms with van der Waals surface area (Å²) in [6.45, 7) is 7.79. The number of carbonyl (C=O) groups excluding carboxylic acids is 1. The summed E-state index contributed by atoms with van der Waals surface area (Å²) in [6.07, 6.45) is 1.70. The molecule has 2 aromatic heterocycles. The number of carbonyl (C=O) groups is 1. The fourth-order valence-electron chi connectivity index (χ4n) is 2.13. The topological polar surface area (TPSA) is 105 Å². The molecule has 2 heterocycles. The van der Waals surface area contributed by atoms with Crippen LogP contribution in [0.4, 0.5) is 11.8 Å². The van der Waals surface area contributed by atoms with Crippen LogP contribution in [0.1, 0.15) is 41.3 Å². The van der Waals surface area contributed by atoms with Crippen molar-refractivity contribution in [2.75, 3.05) is 30.3 Å². The second kappa shape index (κ2) is 9.11. The van der Waals surface area contributed by atoms with E-state index < -0.39 is 0 Å². The fraction of sp³-hybridized carbons (Fsp3) is 0.533. The van der Waals surface area contributed by atoms with Crippen molar-refractivity contribution in [3.8, 4) is 0 Å². The number of rotatable bonds is 9. The van der Waals surface area contributed by atoms with Gasteiger partial charge in [0.1, 0.15) is 10.7 Å². The zero-order valence-corrected chi connectivity index (χ0v) is 15.0. The minimum Gasteiger partial charge on any atom is -0.370 e. The van der Waals surface area contributed by atoms with Gasteiger partial charge < -0.3 is 16.0 Å². The molecule has 0 spiro atoms. The summed E-state index contributed by atoms with van der Waals surface area (Å²) in [6, 6.07) is 1.89. The molecule has 0 radical (unpaired) electrons. The van der Waals surface area contributed by atoms with E-state index in [2.05, 4.69) is 42.4 Å². The van der Waals surface area contributed by atoms with Gasteiger partial charge in [0, 0.05) is 31.4 Å². The zero-order chi connectivity index (χ0) is 17.4. The van der Waals surface area contributed by atoms with Crippen LogP contribution in [0.25, 0.3) is 0 Å². The van der Waals surface area contributed by atoms with Gasteiger partial charge in [-0.2, -0.15) is 4.98 Å². The first-order valence-corrected chi connectivity index (χ1v) is 8.84. The molecule has 0 aliphatic heterocycles. The number of nitrogens with one attached hydrogen (secondary N) is 3. The molecular weight excluding hydrogens is 326 g/mol. The molecule has 0 aliphatic carbocycles. The van der Waals surface area contributed by atoms with Crippen molar-refractivity contribution >= 4 is 29.2 Å². The first kappa shape index (κ1) is 18.1. The molecule has 8 nitrogen and oxygen atoms in total. The second-order valence-electron chi connectivity index (χ2n) is 5.23. The molecule has 0 unspecified atom stereocenters. The SMILES string of the molecule is CCCc1nnsc1C(=O)NCCNc1nc(C)cc(NCC)n1. The van der Waals surface area contributed by atoms with E-state index >= 15 is 0 Å². The van der Waals surface area contributed by atoms with Gasteiger partial charge in [0.15, 0.2) is 0 Å². The summed E-state index contributed by atoms with van der Waals surface area (Å²) in [7, 11) is 0. The lowest BCUT2D eigenvalue weighted by Crippen LogP contribution is -2.29. The molecule has 24 heavy (non-hydrogen) atoms. The zero-order valence-electron chi connectivity index (χ0n) is 14.2. The van der Waals surface area contributed by atoms with Crippen molar-refractivity contribution in [2.45, 2.75) is 33.6 Å². The van der Waals surface area contributed by atoms with E-state index in [-0.39, 0.29) is 5.91 Å². The van der Waals surface area contributed by atoms with Crippen molar-refractivity contribution < 1.29 is 4.79 Å². The van der Waals surface area contributed by atoms with Gasteiger partial charge in [-0.15, -0.1) is 5.10 Å². The molecule has 0 saturated carbocycles. The lowest BCUT2D eigenvalue weighted by molar-refractivity contribution is 0.0958. The predicted octanol–water partition coefficient (Wildman–Crippen LogP) is 1.86. The number of hydrogen-bond donors (Lipinski definition) is 3. The number of hydrogen-bond acceptors (Lipinski definition) is 8. The van der Waals surface area contributed by atoms with Gasteiger partial charge >= 0.3 is 0 Å². The average Bonchev–Trinajstić information content (AvgIpc) is 3.00. The number of aryl methyl sites for hydroxylation is 2. The summed E-state index contributed by atoms with van der Waals surface area (Å²) >= 11 is 1.13. The van der Waals surface area contributed by atoms with Gasteiger partial charge in [0.05, 0.1) is 5.69 Å². The van der Waals surface area contributed by atoms with Gasteiger partial charge in [-0.3, -0.25) is 4.79 Å². The highest BCUT2D eigenvalue weighted by atomic mass is 32.1. The van der Waals surface area contributed by atoms with E-state index in [9.17, 15) is 4.79 Å². The Labute approximate surface area is 145 Å². The summed E-state index contributed by atoms with van der Waals surface area (Å²) in [5.74, 6) is 1.21. The molecular formula is C15H23N7OS. The van der Waals surface area contributed by atoms with Crippen molar-refractivity contribution in [1.82, 2.24) is 24.9 Å².